The van der Waals surface area contributed by atoms with Crippen molar-refractivity contribution in [3.05, 3.63) is 41.3 Å². The highest BCUT2D eigenvalue weighted by molar-refractivity contribution is 5.95. The fraction of sp³-hybridized carbons (Fsp3) is 0.636. The highest BCUT2D eigenvalue weighted by Gasteiger charge is 2.42. The van der Waals surface area contributed by atoms with E-state index in [1.165, 1.54) is 12.8 Å². The van der Waals surface area contributed by atoms with Crippen molar-refractivity contribution in [1.29, 1.82) is 0 Å². The van der Waals surface area contributed by atoms with E-state index in [4.69, 9.17) is 9.26 Å². The van der Waals surface area contributed by atoms with E-state index in [0.29, 0.717) is 17.4 Å². The number of ether oxygens (including phenoxy) is 1. The summed E-state index contributed by atoms with van der Waals surface area (Å²) in [6.07, 6.45) is 10.4. The van der Waals surface area contributed by atoms with E-state index >= 15 is 0 Å². The number of aromatic nitrogens is 3. The Morgan fingerprint density at radius 1 is 1.28 bits per heavy atom. The predicted octanol–water partition coefficient (Wildman–Crippen LogP) is 3.29. The normalized spacial score (nSPS) is 24.0. The number of nitrogens with zero attached hydrogens (tertiary/aromatic N) is 4. The summed E-state index contributed by atoms with van der Waals surface area (Å²) in [5.74, 6) is 2.77. The first kappa shape index (κ1) is 18.7. The summed E-state index contributed by atoms with van der Waals surface area (Å²) in [4.78, 5) is 23.5. The molecule has 5 rings (SSSR count). The average molecular weight is 396 g/mol. The van der Waals surface area contributed by atoms with E-state index < -0.39 is 0 Å². The van der Waals surface area contributed by atoms with Gasteiger partial charge in [0.05, 0.1) is 11.2 Å². The highest BCUT2D eigenvalue weighted by Crippen LogP contribution is 2.40. The molecular formula is C22H28N4O3. The third-order valence-electron chi connectivity index (χ3n) is 6.72. The van der Waals surface area contributed by atoms with E-state index in [0.717, 1.165) is 69.1 Å². The molecule has 1 atom stereocenters. The van der Waals surface area contributed by atoms with Crippen LogP contribution in [0.1, 0.15) is 72.1 Å². The van der Waals surface area contributed by atoms with Gasteiger partial charge in [-0.25, -0.2) is 0 Å². The van der Waals surface area contributed by atoms with Crippen LogP contribution in [0.3, 0.4) is 0 Å². The molecule has 2 aromatic heterocycles. The van der Waals surface area contributed by atoms with Crippen molar-refractivity contribution in [2.24, 2.45) is 5.92 Å². The van der Waals surface area contributed by atoms with Crippen LogP contribution in [0.15, 0.2) is 23.0 Å². The molecule has 0 N–H and O–H groups in total. The minimum absolute atomic E-state index is 0.0799. The molecule has 154 valence electrons. The molecule has 1 unspecified atom stereocenters. The summed E-state index contributed by atoms with van der Waals surface area (Å²) in [5.41, 5.74) is 1.56. The van der Waals surface area contributed by atoms with Gasteiger partial charge in [0.25, 0.3) is 5.91 Å². The van der Waals surface area contributed by atoms with Crippen LogP contribution in [-0.2, 0) is 11.2 Å². The number of carbonyl (C=O) groups is 1. The summed E-state index contributed by atoms with van der Waals surface area (Å²) in [6.45, 7) is 4.18. The molecule has 2 saturated heterocycles. The van der Waals surface area contributed by atoms with Gasteiger partial charge in [-0.15, -0.1) is 0 Å². The lowest BCUT2D eigenvalue weighted by Gasteiger charge is -2.46. The molecule has 1 amide bonds. The zero-order chi connectivity index (χ0) is 19.8. The molecule has 3 fully saturated rings. The van der Waals surface area contributed by atoms with Crippen LogP contribution in [0, 0.1) is 12.8 Å². The topological polar surface area (TPSA) is 81.4 Å². The summed E-state index contributed by atoms with van der Waals surface area (Å²) in [5, 5.41) is 4.15. The van der Waals surface area contributed by atoms with Gasteiger partial charge >= 0.3 is 0 Å². The second-order valence-corrected chi connectivity index (χ2v) is 8.90. The number of piperidine rings is 1. The van der Waals surface area contributed by atoms with Crippen molar-refractivity contribution in [1.82, 2.24) is 20.0 Å². The molecule has 1 aliphatic carbocycles. The Hall–Kier alpha value is -2.28. The summed E-state index contributed by atoms with van der Waals surface area (Å²) >= 11 is 0. The molecule has 3 aliphatic rings. The van der Waals surface area contributed by atoms with Crippen molar-refractivity contribution in [2.75, 3.05) is 19.7 Å². The zero-order valence-electron chi connectivity index (χ0n) is 17.0. The van der Waals surface area contributed by atoms with Crippen molar-refractivity contribution in [2.45, 2.75) is 63.4 Å². The zero-order valence-corrected chi connectivity index (χ0v) is 17.0. The van der Waals surface area contributed by atoms with Crippen LogP contribution in [0.4, 0.5) is 0 Å². The number of rotatable bonds is 4. The molecule has 7 nitrogen and oxygen atoms in total. The largest absolute Gasteiger partial charge is 0.375 e. The quantitative estimate of drug-likeness (QED) is 0.789. The molecule has 2 aromatic rings. The van der Waals surface area contributed by atoms with Crippen LogP contribution in [0.25, 0.3) is 0 Å². The third-order valence-corrected chi connectivity index (χ3v) is 6.72. The minimum Gasteiger partial charge on any atom is -0.375 e. The standard InChI is InChI=1S/C22H28N4O3/c1-15-4-8-23-14-18(15)21(27)26-9-6-22(7-10-26)13-16(5-11-28-22)12-19-24-20(25-29-19)17-2-3-17/h4,8,14,16-17H,2-3,5-7,9-13H2,1H3. The Labute approximate surface area is 170 Å². The van der Waals surface area contributed by atoms with Crippen LogP contribution in [0.2, 0.25) is 0 Å². The van der Waals surface area contributed by atoms with Crippen molar-refractivity contribution >= 4 is 5.91 Å². The summed E-state index contributed by atoms with van der Waals surface area (Å²) in [7, 11) is 0. The van der Waals surface area contributed by atoms with E-state index in [1.807, 2.05) is 17.9 Å². The Morgan fingerprint density at radius 2 is 2.10 bits per heavy atom. The van der Waals surface area contributed by atoms with Crippen LogP contribution in [0.5, 0.6) is 0 Å². The lowest BCUT2D eigenvalue weighted by atomic mass is 9.78. The molecule has 2 aliphatic heterocycles. The first-order valence-corrected chi connectivity index (χ1v) is 10.8. The monoisotopic (exact) mass is 396 g/mol. The van der Waals surface area contributed by atoms with Crippen LogP contribution >= 0.6 is 0 Å². The number of pyridine rings is 1. The van der Waals surface area contributed by atoms with E-state index in [9.17, 15) is 4.79 Å². The maximum atomic E-state index is 12.9. The lowest BCUT2D eigenvalue weighted by Crippen LogP contribution is -2.51. The van der Waals surface area contributed by atoms with Gasteiger partial charge in [-0.2, -0.15) is 4.98 Å². The maximum Gasteiger partial charge on any atom is 0.255 e. The highest BCUT2D eigenvalue weighted by atomic mass is 16.5. The Balaban J connectivity index is 1.19. The van der Waals surface area contributed by atoms with Crippen molar-refractivity contribution in [3.63, 3.8) is 0 Å². The van der Waals surface area contributed by atoms with Gasteiger partial charge in [0.2, 0.25) is 5.89 Å². The number of hydrogen-bond acceptors (Lipinski definition) is 6. The van der Waals surface area contributed by atoms with Crippen molar-refractivity contribution in [3.8, 4) is 0 Å². The number of carbonyl (C=O) groups excluding carboxylic acids is 1. The number of amides is 1. The van der Waals surface area contributed by atoms with E-state index in [2.05, 4.69) is 15.1 Å². The third kappa shape index (κ3) is 3.92. The Morgan fingerprint density at radius 3 is 2.86 bits per heavy atom. The van der Waals surface area contributed by atoms with Gasteiger partial charge in [-0.3, -0.25) is 9.78 Å². The molecule has 0 bridgehead atoms. The molecule has 1 saturated carbocycles. The van der Waals surface area contributed by atoms with Crippen LogP contribution in [-0.4, -0.2) is 51.2 Å². The smallest absolute Gasteiger partial charge is 0.255 e. The van der Waals surface area contributed by atoms with E-state index in [-0.39, 0.29) is 11.5 Å². The van der Waals surface area contributed by atoms with Gasteiger partial charge in [-0.05, 0) is 63.0 Å². The second kappa shape index (κ2) is 7.52. The van der Waals surface area contributed by atoms with Gasteiger partial charge in [0.15, 0.2) is 5.82 Å². The number of likely N-dealkylation sites (tertiary alicyclic amines) is 1. The molecule has 4 heterocycles. The fourth-order valence-electron chi connectivity index (χ4n) is 4.73. The Kier molecular flexibility index (Phi) is 4.86. The first-order valence-electron chi connectivity index (χ1n) is 10.8. The van der Waals surface area contributed by atoms with Crippen molar-refractivity contribution < 1.29 is 14.1 Å². The molecule has 0 aromatic carbocycles. The summed E-state index contributed by atoms with van der Waals surface area (Å²) < 4.78 is 11.8. The lowest BCUT2D eigenvalue weighted by molar-refractivity contribution is -0.124. The molecular weight excluding hydrogens is 368 g/mol. The molecule has 29 heavy (non-hydrogen) atoms. The SMILES string of the molecule is Cc1ccncc1C(=O)N1CCC2(CC1)CC(Cc1nc(C3CC3)no1)CCO2. The molecule has 0 radical (unpaired) electrons. The van der Waals surface area contributed by atoms with Crippen LogP contribution < -0.4 is 0 Å². The molecule has 1 spiro atoms. The first-order chi connectivity index (χ1) is 14.1. The van der Waals surface area contributed by atoms with Gasteiger partial charge < -0.3 is 14.2 Å². The Bertz CT molecular complexity index is 884. The number of hydrogen-bond donors (Lipinski definition) is 0. The summed E-state index contributed by atoms with van der Waals surface area (Å²) in [6, 6.07) is 1.89. The predicted molar refractivity (Wildman–Crippen MR) is 105 cm³/mol. The fourth-order valence-corrected chi connectivity index (χ4v) is 4.73. The second-order valence-electron chi connectivity index (χ2n) is 8.90. The van der Waals surface area contributed by atoms with Gasteiger partial charge in [0, 0.05) is 44.4 Å². The number of aryl methyl sites for hydroxylation is 1. The van der Waals surface area contributed by atoms with Gasteiger partial charge in [-0.1, -0.05) is 5.16 Å². The minimum atomic E-state index is -0.122. The molecule has 7 heteroatoms. The average Bonchev–Trinajstić information content (AvgIpc) is 3.48. The maximum absolute atomic E-state index is 12.9. The van der Waals surface area contributed by atoms with Gasteiger partial charge in [0.1, 0.15) is 0 Å². The van der Waals surface area contributed by atoms with E-state index in [1.54, 1.807) is 12.4 Å².